The Labute approximate surface area is 162 Å². The van der Waals surface area contributed by atoms with Crippen molar-refractivity contribution in [2.45, 2.75) is 6.10 Å². The lowest BCUT2D eigenvalue weighted by Crippen LogP contribution is -2.29. The average molecular weight is 378 g/mol. The van der Waals surface area contributed by atoms with Gasteiger partial charge in [0.15, 0.2) is 0 Å². The summed E-state index contributed by atoms with van der Waals surface area (Å²) in [4.78, 5) is 28.7. The van der Waals surface area contributed by atoms with Crippen LogP contribution in [0.15, 0.2) is 65.5 Å². The second-order valence-electron chi connectivity index (χ2n) is 6.48. The van der Waals surface area contributed by atoms with E-state index in [1.807, 2.05) is 24.3 Å². The Morgan fingerprint density at radius 3 is 2.64 bits per heavy atom. The van der Waals surface area contributed by atoms with Crippen molar-refractivity contribution in [3.8, 4) is 5.75 Å². The molecule has 0 aliphatic carbocycles. The van der Waals surface area contributed by atoms with Crippen LogP contribution >= 0.6 is 0 Å². The number of likely N-dealkylation sites (N-methyl/N-ethyl adjacent to an activating group) is 1. The second-order valence-corrected chi connectivity index (χ2v) is 6.48. The van der Waals surface area contributed by atoms with Crippen molar-refractivity contribution in [1.82, 2.24) is 9.88 Å². The third-order valence-electron chi connectivity index (χ3n) is 4.51. The lowest BCUT2D eigenvalue weighted by Gasteiger charge is -2.20. The van der Waals surface area contributed by atoms with E-state index in [1.54, 1.807) is 44.5 Å². The first-order valence-electron chi connectivity index (χ1n) is 8.85. The molecule has 1 atom stereocenters. The number of hydrogen-bond donors (Lipinski definition) is 2. The third kappa shape index (κ3) is 4.47. The Bertz CT molecular complexity index is 1050. The Kier molecular flexibility index (Phi) is 5.91. The van der Waals surface area contributed by atoms with Crippen molar-refractivity contribution in [3.05, 3.63) is 82.2 Å². The molecule has 0 aliphatic rings. The van der Waals surface area contributed by atoms with Gasteiger partial charge in [-0.1, -0.05) is 30.3 Å². The van der Waals surface area contributed by atoms with E-state index in [-0.39, 0.29) is 18.0 Å². The molecule has 144 valence electrons. The number of nitrogens with one attached hydrogen (secondary N) is 1. The highest BCUT2D eigenvalue weighted by molar-refractivity contribution is 5.92. The van der Waals surface area contributed by atoms with Crippen molar-refractivity contribution in [2.24, 2.45) is 0 Å². The maximum atomic E-state index is 12.4. The molecular weight excluding hydrogens is 356 g/mol. The van der Waals surface area contributed by atoms with E-state index in [1.165, 1.54) is 17.1 Å². The number of hydrogen-bond acceptors (Lipinski definition) is 4. The first-order chi connectivity index (χ1) is 13.5. The standard InChI is InChI=1S/C22H22N2O4/c1-24(14-20(25)15-7-10-18(28-2)11-8-15)21(26)12-9-17-13-16-5-3-4-6-19(16)23-22(17)27/h3-13,20,25H,14H2,1-2H3,(H,23,27)/b12-9+. The van der Waals surface area contributed by atoms with Gasteiger partial charge in [0.05, 0.1) is 19.8 Å². The second kappa shape index (κ2) is 8.54. The topological polar surface area (TPSA) is 82.6 Å². The molecule has 0 bridgehead atoms. The zero-order chi connectivity index (χ0) is 20.1. The molecule has 6 nitrogen and oxygen atoms in total. The molecule has 0 saturated carbocycles. The number of benzene rings is 2. The number of rotatable bonds is 6. The molecule has 1 aromatic heterocycles. The van der Waals surface area contributed by atoms with E-state index in [9.17, 15) is 14.7 Å². The smallest absolute Gasteiger partial charge is 0.255 e. The van der Waals surface area contributed by atoms with Gasteiger partial charge >= 0.3 is 0 Å². The Hall–Kier alpha value is -3.38. The molecule has 0 spiro atoms. The molecule has 0 saturated heterocycles. The first kappa shape index (κ1) is 19.4. The minimum Gasteiger partial charge on any atom is -0.497 e. The maximum Gasteiger partial charge on any atom is 0.255 e. The molecule has 1 amide bonds. The van der Waals surface area contributed by atoms with Gasteiger partial charge in [-0.2, -0.15) is 0 Å². The first-order valence-corrected chi connectivity index (χ1v) is 8.85. The number of carbonyl (C=O) groups is 1. The number of methoxy groups -OCH3 is 1. The van der Waals surface area contributed by atoms with Gasteiger partial charge in [0.25, 0.3) is 5.56 Å². The van der Waals surface area contributed by atoms with Crippen molar-refractivity contribution < 1.29 is 14.6 Å². The van der Waals surface area contributed by atoms with Crippen LogP contribution in [0.2, 0.25) is 0 Å². The maximum absolute atomic E-state index is 12.4. The van der Waals surface area contributed by atoms with E-state index in [4.69, 9.17) is 4.74 Å². The van der Waals surface area contributed by atoms with Gasteiger partial charge in [0, 0.05) is 24.2 Å². The van der Waals surface area contributed by atoms with Crippen LogP contribution in [-0.4, -0.2) is 41.6 Å². The zero-order valence-corrected chi connectivity index (χ0v) is 15.8. The van der Waals surface area contributed by atoms with Crippen molar-refractivity contribution >= 4 is 22.9 Å². The molecule has 28 heavy (non-hydrogen) atoms. The van der Waals surface area contributed by atoms with Crippen molar-refractivity contribution in [2.75, 3.05) is 20.7 Å². The highest BCUT2D eigenvalue weighted by Crippen LogP contribution is 2.18. The van der Waals surface area contributed by atoms with Crippen LogP contribution in [0.1, 0.15) is 17.2 Å². The summed E-state index contributed by atoms with van der Waals surface area (Å²) in [5.41, 5.74) is 1.57. The van der Waals surface area contributed by atoms with Crippen LogP contribution < -0.4 is 10.3 Å². The number of fused-ring (bicyclic) bond motifs is 1. The highest BCUT2D eigenvalue weighted by Gasteiger charge is 2.14. The predicted molar refractivity (Wildman–Crippen MR) is 109 cm³/mol. The number of amides is 1. The fourth-order valence-corrected chi connectivity index (χ4v) is 2.86. The number of aromatic amines is 1. The van der Waals surface area contributed by atoms with E-state index in [0.29, 0.717) is 16.9 Å². The molecule has 1 heterocycles. The number of carbonyl (C=O) groups excluding carboxylic acids is 1. The molecule has 0 aliphatic heterocycles. The number of para-hydroxylation sites is 1. The molecule has 0 fully saturated rings. The minimum atomic E-state index is -0.822. The fraction of sp³-hybridized carbons (Fsp3) is 0.182. The van der Waals surface area contributed by atoms with E-state index in [0.717, 1.165) is 10.9 Å². The SMILES string of the molecule is COc1ccc(C(O)CN(C)C(=O)/C=C/c2cc3ccccc3[nH]c2=O)cc1. The molecule has 2 aromatic carbocycles. The van der Waals surface area contributed by atoms with Gasteiger partial charge in [-0.05, 0) is 41.3 Å². The summed E-state index contributed by atoms with van der Waals surface area (Å²) in [6.07, 6.45) is 2.00. The lowest BCUT2D eigenvalue weighted by molar-refractivity contribution is -0.126. The molecule has 2 N–H and O–H groups in total. The number of ether oxygens (including phenoxy) is 1. The number of nitrogens with zero attached hydrogens (tertiary/aromatic N) is 1. The number of pyridine rings is 1. The summed E-state index contributed by atoms with van der Waals surface area (Å²) in [6, 6.07) is 16.2. The summed E-state index contributed by atoms with van der Waals surface area (Å²) >= 11 is 0. The Morgan fingerprint density at radius 2 is 1.93 bits per heavy atom. The number of aliphatic hydroxyl groups excluding tert-OH is 1. The normalized spacial score (nSPS) is 12.2. The predicted octanol–water partition coefficient (Wildman–Crippen LogP) is 2.74. The van der Waals surface area contributed by atoms with Gasteiger partial charge in [0.1, 0.15) is 5.75 Å². The summed E-state index contributed by atoms with van der Waals surface area (Å²) in [5.74, 6) is 0.393. The fourth-order valence-electron chi connectivity index (χ4n) is 2.86. The summed E-state index contributed by atoms with van der Waals surface area (Å²) in [5, 5.41) is 11.2. The van der Waals surface area contributed by atoms with Crippen molar-refractivity contribution in [3.63, 3.8) is 0 Å². The van der Waals surface area contributed by atoms with Crippen LogP contribution in [0.5, 0.6) is 5.75 Å². The highest BCUT2D eigenvalue weighted by atomic mass is 16.5. The molecule has 0 radical (unpaired) electrons. The van der Waals surface area contributed by atoms with E-state index in [2.05, 4.69) is 4.98 Å². The van der Waals surface area contributed by atoms with Gasteiger partial charge < -0.3 is 19.7 Å². The summed E-state index contributed by atoms with van der Waals surface area (Å²) in [6.45, 7) is 0.129. The van der Waals surface area contributed by atoms with E-state index < -0.39 is 6.10 Å². The Morgan fingerprint density at radius 1 is 1.21 bits per heavy atom. The van der Waals surface area contributed by atoms with Gasteiger partial charge in [-0.15, -0.1) is 0 Å². The van der Waals surface area contributed by atoms with E-state index >= 15 is 0 Å². The quantitative estimate of drug-likeness (QED) is 0.646. The van der Waals surface area contributed by atoms with Crippen LogP contribution in [0.3, 0.4) is 0 Å². The largest absolute Gasteiger partial charge is 0.497 e. The molecule has 6 heteroatoms. The lowest BCUT2D eigenvalue weighted by atomic mass is 10.1. The monoisotopic (exact) mass is 378 g/mol. The third-order valence-corrected chi connectivity index (χ3v) is 4.51. The summed E-state index contributed by atoms with van der Waals surface area (Å²) < 4.78 is 5.10. The van der Waals surface area contributed by atoms with Crippen LogP contribution in [-0.2, 0) is 4.79 Å². The Balaban J connectivity index is 1.68. The van der Waals surface area contributed by atoms with Gasteiger partial charge in [-0.3, -0.25) is 9.59 Å². The van der Waals surface area contributed by atoms with Gasteiger partial charge in [-0.25, -0.2) is 0 Å². The number of aliphatic hydroxyl groups is 1. The van der Waals surface area contributed by atoms with Crippen molar-refractivity contribution in [1.29, 1.82) is 0 Å². The summed E-state index contributed by atoms with van der Waals surface area (Å²) in [7, 11) is 3.18. The number of H-pyrrole nitrogens is 1. The molecule has 1 unspecified atom stereocenters. The van der Waals surface area contributed by atoms with Crippen LogP contribution in [0, 0.1) is 0 Å². The van der Waals surface area contributed by atoms with Crippen LogP contribution in [0.4, 0.5) is 0 Å². The zero-order valence-electron chi connectivity index (χ0n) is 15.8. The minimum absolute atomic E-state index is 0.129. The molecular formula is C22H22N2O4. The number of aromatic nitrogens is 1. The average Bonchev–Trinajstić information content (AvgIpc) is 2.71. The van der Waals surface area contributed by atoms with Gasteiger partial charge in [0.2, 0.25) is 5.91 Å². The van der Waals surface area contributed by atoms with Crippen LogP contribution in [0.25, 0.3) is 17.0 Å². The molecule has 3 aromatic rings. The molecule has 3 rings (SSSR count).